The van der Waals surface area contributed by atoms with Crippen molar-refractivity contribution in [1.82, 2.24) is 4.90 Å². The monoisotopic (exact) mass is 488 g/mol. The van der Waals surface area contributed by atoms with Gasteiger partial charge in [-0.25, -0.2) is 9.69 Å². The Balaban J connectivity index is 1.67. The Kier molecular flexibility index (Phi) is 5.97. The number of rotatable bonds is 3. The summed E-state index contributed by atoms with van der Waals surface area (Å²) in [7, 11) is 0. The van der Waals surface area contributed by atoms with Crippen molar-refractivity contribution in [1.29, 1.82) is 0 Å². The van der Waals surface area contributed by atoms with E-state index in [1.807, 2.05) is 18.2 Å². The van der Waals surface area contributed by atoms with E-state index >= 15 is 0 Å². The first-order chi connectivity index (χ1) is 17.2. The lowest BCUT2D eigenvalue weighted by molar-refractivity contribution is -0.144. The summed E-state index contributed by atoms with van der Waals surface area (Å²) in [5.74, 6) is -2.07. The molecule has 0 spiro atoms. The normalized spacial score (nSPS) is 24.9. The van der Waals surface area contributed by atoms with Crippen LogP contribution in [0, 0.1) is 5.92 Å². The second-order valence-electron chi connectivity index (χ2n) is 11.0. The molecule has 188 valence electrons. The number of ether oxygens (including phenoxy) is 1. The third kappa shape index (κ3) is 3.72. The third-order valence-electron chi connectivity index (χ3n) is 7.56. The Labute approximate surface area is 211 Å². The highest BCUT2D eigenvalue weighted by atomic mass is 16.6. The van der Waals surface area contributed by atoms with Crippen LogP contribution in [0.1, 0.15) is 70.4 Å². The molecule has 7 heteroatoms. The number of benzene rings is 2. The molecule has 3 aliphatic rings. The van der Waals surface area contributed by atoms with Crippen LogP contribution < -0.4 is 4.90 Å². The number of amides is 4. The molecule has 0 radical (unpaired) electrons. The second-order valence-corrected chi connectivity index (χ2v) is 11.0. The maximum absolute atomic E-state index is 14.5. The largest absolute Gasteiger partial charge is 0.443 e. The van der Waals surface area contributed by atoms with Gasteiger partial charge in [-0.3, -0.25) is 19.3 Å². The standard InChI is InChI=1S/C29H32N2O5/c1-28(2,3)36-27(35)31-23-17-11-10-16-21(23)29(26(31)34,19-12-6-4-7-13-19)22-18-24(32)30(25(22)33)20-14-8-5-9-15-20/h4,6-7,10-13,16-17,20,22H,5,8-9,14-15,18H2,1-3H3/t22-,29?/m1/s1. The van der Waals surface area contributed by atoms with E-state index < -0.39 is 28.9 Å². The highest BCUT2D eigenvalue weighted by Gasteiger charge is 2.64. The molecule has 0 aromatic heterocycles. The molecule has 1 saturated carbocycles. The van der Waals surface area contributed by atoms with E-state index in [-0.39, 0.29) is 24.3 Å². The molecule has 2 atom stereocenters. The van der Waals surface area contributed by atoms with E-state index in [0.29, 0.717) is 16.8 Å². The van der Waals surface area contributed by atoms with Gasteiger partial charge in [0, 0.05) is 12.5 Å². The first-order valence-corrected chi connectivity index (χ1v) is 12.7. The fourth-order valence-electron chi connectivity index (χ4n) is 6.12. The van der Waals surface area contributed by atoms with Gasteiger partial charge in [-0.2, -0.15) is 0 Å². The van der Waals surface area contributed by atoms with Crippen molar-refractivity contribution in [2.45, 2.75) is 76.4 Å². The lowest BCUT2D eigenvalue weighted by Crippen LogP contribution is -2.52. The number of hydrogen-bond acceptors (Lipinski definition) is 5. The SMILES string of the molecule is CC(C)(C)OC(=O)N1C(=O)C(c2ccccc2)([C@@H]2CC(=O)N(C3CCCCC3)C2=O)c2ccccc21. The Bertz CT molecular complexity index is 1210. The molecule has 7 nitrogen and oxygen atoms in total. The van der Waals surface area contributed by atoms with Crippen molar-refractivity contribution in [3.8, 4) is 0 Å². The van der Waals surface area contributed by atoms with Crippen LogP contribution in [0.3, 0.4) is 0 Å². The smallest absolute Gasteiger partial charge is 0.421 e. The fraction of sp³-hybridized carbons (Fsp3) is 0.448. The number of fused-ring (bicyclic) bond motifs is 1. The predicted octanol–water partition coefficient (Wildman–Crippen LogP) is 4.96. The average molecular weight is 489 g/mol. The van der Waals surface area contributed by atoms with Gasteiger partial charge in [0.15, 0.2) is 0 Å². The van der Waals surface area contributed by atoms with Gasteiger partial charge in [0.2, 0.25) is 11.8 Å². The number of para-hydroxylation sites is 1. The van der Waals surface area contributed by atoms with Gasteiger partial charge < -0.3 is 4.74 Å². The number of hydrogen-bond donors (Lipinski definition) is 0. The van der Waals surface area contributed by atoms with E-state index in [1.54, 1.807) is 57.2 Å². The highest BCUT2D eigenvalue weighted by molar-refractivity contribution is 6.25. The molecule has 36 heavy (non-hydrogen) atoms. The summed E-state index contributed by atoms with van der Waals surface area (Å²) in [6.07, 6.45) is 3.76. The summed E-state index contributed by atoms with van der Waals surface area (Å²) in [4.78, 5) is 57.7. The lowest BCUT2D eigenvalue weighted by atomic mass is 9.65. The minimum absolute atomic E-state index is 0.0769. The molecular formula is C29H32N2O5. The molecule has 2 aliphatic heterocycles. The summed E-state index contributed by atoms with van der Waals surface area (Å²) in [6.45, 7) is 5.22. The van der Waals surface area contributed by atoms with Gasteiger partial charge in [0.05, 0.1) is 11.6 Å². The van der Waals surface area contributed by atoms with E-state index in [0.717, 1.165) is 37.0 Å². The molecule has 2 aromatic carbocycles. The lowest BCUT2D eigenvalue weighted by Gasteiger charge is -2.35. The van der Waals surface area contributed by atoms with Crippen LogP contribution in [0.5, 0.6) is 0 Å². The Morgan fingerprint density at radius 2 is 1.56 bits per heavy atom. The Hall–Kier alpha value is -3.48. The Morgan fingerprint density at radius 1 is 0.917 bits per heavy atom. The van der Waals surface area contributed by atoms with Crippen LogP contribution in [0.2, 0.25) is 0 Å². The van der Waals surface area contributed by atoms with Crippen molar-refractivity contribution >= 4 is 29.5 Å². The molecule has 0 bridgehead atoms. The van der Waals surface area contributed by atoms with Crippen LogP contribution in [-0.4, -0.2) is 40.4 Å². The molecule has 4 amide bonds. The first kappa shape index (κ1) is 24.2. The first-order valence-electron chi connectivity index (χ1n) is 12.7. The molecule has 1 unspecified atom stereocenters. The zero-order valence-electron chi connectivity index (χ0n) is 21.0. The molecule has 0 N–H and O–H groups in total. The van der Waals surface area contributed by atoms with Crippen LogP contribution in [0.4, 0.5) is 10.5 Å². The second kappa shape index (κ2) is 8.87. The van der Waals surface area contributed by atoms with Gasteiger partial charge in [-0.1, -0.05) is 67.8 Å². The topological polar surface area (TPSA) is 84.0 Å². The van der Waals surface area contributed by atoms with E-state index in [4.69, 9.17) is 4.74 Å². The zero-order chi connectivity index (χ0) is 25.7. The molecule has 1 saturated heterocycles. The summed E-state index contributed by atoms with van der Waals surface area (Å²) in [5, 5.41) is 0. The number of carbonyl (C=O) groups is 4. The van der Waals surface area contributed by atoms with Gasteiger partial charge in [0.25, 0.3) is 5.91 Å². The van der Waals surface area contributed by atoms with Crippen molar-refractivity contribution in [3.63, 3.8) is 0 Å². The van der Waals surface area contributed by atoms with Crippen molar-refractivity contribution in [2.24, 2.45) is 5.92 Å². The average Bonchev–Trinajstić information content (AvgIpc) is 3.29. The zero-order valence-corrected chi connectivity index (χ0v) is 21.0. The fourth-order valence-corrected chi connectivity index (χ4v) is 6.12. The van der Waals surface area contributed by atoms with Gasteiger partial charge in [0.1, 0.15) is 11.0 Å². The molecule has 5 rings (SSSR count). The molecule has 2 aromatic rings. The van der Waals surface area contributed by atoms with Crippen molar-refractivity contribution < 1.29 is 23.9 Å². The van der Waals surface area contributed by atoms with E-state index in [9.17, 15) is 19.2 Å². The van der Waals surface area contributed by atoms with E-state index in [2.05, 4.69) is 0 Å². The maximum Gasteiger partial charge on any atom is 0.421 e. The van der Waals surface area contributed by atoms with Crippen LogP contribution in [0.15, 0.2) is 54.6 Å². The number of imide groups is 2. The summed E-state index contributed by atoms with van der Waals surface area (Å²) < 4.78 is 5.61. The van der Waals surface area contributed by atoms with Crippen LogP contribution in [-0.2, 0) is 24.5 Å². The molecule has 2 heterocycles. The maximum atomic E-state index is 14.5. The molecule has 2 fully saturated rings. The minimum atomic E-state index is -1.51. The van der Waals surface area contributed by atoms with Crippen molar-refractivity contribution in [3.05, 3.63) is 65.7 Å². The van der Waals surface area contributed by atoms with Crippen molar-refractivity contribution in [2.75, 3.05) is 4.90 Å². The van der Waals surface area contributed by atoms with Gasteiger partial charge in [-0.15, -0.1) is 0 Å². The molecule has 1 aliphatic carbocycles. The number of anilines is 1. The van der Waals surface area contributed by atoms with Crippen LogP contribution >= 0.6 is 0 Å². The van der Waals surface area contributed by atoms with Crippen LogP contribution in [0.25, 0.3) is 0 Å². The number of likely N-dealkylation sites (tertiary alicyclic amines) is 1. The highest BCUT2D eigenvalue weighted by Crippen LogP contribution is 2.54. The predicted molar refractivity (Wildman–Crippen MR) is 134 cm³/mol. The van der Waals surface area contributed by atoms with Gasteiger partial charge >= 0.3 is 6.09 Å². The Morgan fingerprint density at radius 3 is 2.22 bits per heavy atom. The number of nitrogens with zero attached hydrogens (tertiary/aromatic N) is 2. The third-order valence-corrected chi connectivity index (χ3v) is 7.56. The van der Waals surface area contributed by atoms with E-state index in [1.165, 1.54) is 4.90 Å². The molecular weight excluding hydrogens is 456 g/mol. The summed E-state index contributed by atoms with van der Waals surface area (Å²) in [5.41, 5.74) is -0.808. The number of carbonyl (C=O) groups excluding carboxylic acids is 4. The minimum Gasteiger partial charge on any atom is -0.443 e. The van der Waals surface area contributed by atoms with Gasteiger partial charge in [-0.05, 0) is 50.8 Å². The summed E-state index contributed by atoms with van der Waals surface area (Å²) in [6, 6.07) is 15.9. The quantitative estimate of drug-likeness (QED) is 0.570. The summed E-state index contributed by atoms with van der Waals surface area (Å²) >= 11 is 0.